The Morgan fingerprint density at radius 3 is 2.25 bits per heavy atom. The number of carbonyl (C=O) groups excluding carboxylic acids is 1. The van der Waals surface area contributed by atoms with Gasteiger partial charge in [-0.15, -0.1) is 0 Å². The van der Waals surface area contributed by atoms with Gasteiger partial charge in [0, 0.05) is 0 Å². The fourth-order valence-electron chi connectivity index (χ4n) is 1.73. The summed E-state index contributed by atoms with van der Waals surface area (Å²) in [6.45, 7) is 1.65. The minimum atomic E-state index is -1.71. The second-order valence-corrected chi connectivity index (χ2v) is 4.99. The molecule has 0 aliphatic carbocycles. The van der Waals surface area contributed by atoms with Gasteiger partial charge in [0.05, 0.1) is 18.4 Å². The van der Waals surface area contributed by atoms with Gasteiger partial charge in [0.1, 0.15) is 6.04 Å². The summed E-state index contributed by atoms with van der Waals surface area (Å²) in [5.41, 5.74) is 3.59. The summed E-state index contributed by atoms with van der Waals surface area (Å²) in [5, 5.41) is 29.5. The molecule has 20 heavy (non-hydrogen) atoms. The average molecular weight is 290 g/mol. The SMILES string of the molecule is CC(O)(CC(=O)O)CC(=O)N[C@@H](CCCCN)C(=O)O. The summed E-state index contributed by atoms with van der Waals surface area (Å²) in [4.78, 5) is 33.1. The van der Waals surface area contributed by atoms with Crippen LogP contribution in [0.3, 0.4) is 0 Å². The third-order valence-electron chi connectivity index (χ3n) is 2.65. The molecule has 6 N–H and O–H groups in total. The molecule has 0 heterocycles. The molecule has 0 saturated carbocycles. The smallest absolute Gasteiger partial charge is 0.326 e. The number of carboxylic acid groups (broad SMARTS) is 2. The molecule has 8 nitrogen and oxygen atoms in total. The molecule has 1 amide bonds. The first-order valence-electron chi connectivity index (χ1n) is 6.34. The van der Waals surface area contributed by atoms with E-state index >= 15 is 0 Å². The number of hydrogen-bond donors (Lipinski definition) is 5. The number of carboxylic acids is 2. The lowest BCUT2D eigenvalue weighted by Gasteiger charge is -2.22. The van der Waals surface area contributed by atoms with Crippen molar-refractivity contribution in [1.82, 2.24) is 5.32 Å². The average Bonchev–Trinajstić information content (AvgIpc) is 2.24. The first-order valence-corrected chi connectivity index (χ1v) is 6.34. The van der Waals surface area contributed by atoms with Crippen molar-refractivity contribution in [2.45, 2.75) is 50.7 Å². The summed E-state index contributed by atoms with van der Waals surface area (Å²) in [7, 11) is 0. The molecule has 0 bridgehead atoms. The van der Waals surface area contributed by atoms with Crippen LogP contribution in [0.1, 0.15) is 39.0 Å². The van der Waals surface area contributed by atoms with Gasteiger partial charge in [0.15, 0.2) is 0 Å². The highest BCUT2D eigenvalue weighted by atomic mass is 16.4. The van der Waals surface area contributed by atoms with Gasteiger partial charge in [-0.25, -0.2) is 4.79 Å². The Bertz CT molecular complexity index is 356. The summed E-state index contributed by atoms with van der Waals surface area (Å²) in [5.74, 6) is -3.11. The van der Waals surface area contributed by atoms with Gasteiger partial charge >= 0.3 is 11.9 Å². The first-order chi connectivity index (χ1) is 9.18. The van der Waals surface area contributed by atoms with Crippen molar-refractivity contribution in [3.63, 3.8) is 0 Å². The predicted octanol–water partition coefficient (Wildman–Crippen LogP) is -0.699. The van der Waals surface area contributed by atoms with Crippen LogP contribution in [-0.2, 0) is 14.4 Å². The molecule has 0 fully saturated rings. The Kier molecular flexibility index (Phi) is 7.78. The van der Waals surface area contributed by atoms with Crippen LogP contribution in [0.4, 0.5) is 0 Å². The molecule has 0 aliphatic rings. The summed E-state index contributed by atoms with van der Waals surface area (Å²) in [6.07, 6.45) is 0.375. The van der Waals surface area contributed by atoms with Crippen molar-refractivity contribution >= 4 is 17.8 Å². The van der Waals surface area contributed by atoms with Crippen molar-refractivity contribution in [2.75, 3.05) is 6.54 Å². The summed E-state index contributed by atoms with van der Waals surface area (Å²) in [6, 6.07) is -1.06. The predicted molar refractivity (Wildman–Crippen MR) is 70.0 cm³/mol. The van der Waals surface area contributed by atoms with Gasteiger partial charge in [0.2, 0.25) is 5.91 Å². The lowest BCUT2D eigenvalue weighted by atomic mass is 9.97. The Hall–Kier alpha value is -1.67. The van der Waals surface area contributed by atoms with Crippen molar-refractivity contribution in [2.24, 2.45) is 5.73 Å². The normalized spacial score (nSPS) is 15.2. The van der Waals surface area contributed by atoms with Crippen LogP contribution in [-0.4, -0.2) is 51.4 Å². The Balaban J connectivity index is 4.38. The third kappa shape index (κ3) is 8.44. The summed E-state index contributed by atoms with van der Waals surface area (Å²) >= 11 is 0. The van der Waals surface area contributed by atoms with Gasteiger partial charge in [-0.2, -0.15) is 0 Å². The molecule has 0 radical (unpaired) electrons. The molecule has 2 atom stereocenters. The van der Waals surface area contributed by atoms with Gasteiger partial charge < -0.3 is 26.4 Å². The van der Waals surface area contributed by atoms with Crippen molar-refractivity contribution in [3.8, 4) is 0 Å². The molecule has 1 unspecified atom stereocenters. The zero-order valence-corrected chi connectivity index (χ0v) is 11.5. The van der Waals surface area contributed by atoms with E-state index < -0.39 is 42.3 Å². The van der Waals surface area contributed by atoms with E-state index in [0.717, 1.165) is 0 Å². The number of nitrogens with one attached hydrogen (secondary N) is 1. The molecule has 116 valence electrons. The van der Waals surface area contributed by atoms with Crippen molar-refractivity contribution < 1.29 is 29.7 Å². The van der Waals surface area contributed by atoms with Gasteiger partial charge in [-0.1, -0.05) is 0 Å². The number of hydrogen-bond acceptors (Lipinski definition) is 5. The fourth-order valence-corrected chi connectivity index (χ4v) is 1.73. The minimum absolute atomic E-state index is 0.235. The Morgan fingerprint density at radius 1 is 1.20 bits per heavy atom. The lowest BCUT2D eigenvalue weighted by molar-refractivity contribution is -0.146. The number of aliphatic carboxylic acids is 2. The highest BCUT2D eigenvalue weighted by Gasteiger charge is 2.29. The number of nitrogens with two attached hydrogens (primary N) is 1. The molecule has 0 aliphatic heterocycles. The molecular weight excluding hydrogens is 268 g/mol. The lowest BCUT2D eigenvalue weighted by Crippen LogP contribution is -2.44. The van der Waals surface area contributed by atoms with Crippen LogP contribution in [0.25, 0.3) is 0 Å². The summed E-state index contributed by atoms with van der Waals surface area (Å²) < 4.78 is 0. The highest BCUT2D eigenvalue weighted by Crippen LogP contribution is 2.14. The fraction of sp³-hybridized carbons (Fsp3) is 0.750. The second kappa shape index (κ2) is 8.49. The number of unbranched alkanes of at least 4 members (excludes halogenated alkanes) is 1. The first kappa shape index (κ1) is 18.3. The maximum absolute atomic E-state index is 11.6. The van der Waals surface area contributed by atoms with Gasteiger partial charge in [-0.3, -0.25) is 9.59 Å². The molecule has 0 rings (SSSR count). The van der Waals surface area contributed by atoms with E-state index in [-0.39, 0.29) is 6.42 Å². The molecule has 8 heteroatoms. The van der Waals surface area contributed by atoms with E-state index in [1.807, 2.05) is 0 Å². The Labute approximate surface area is 117 Å². The standard InChI is InChI=1S/C12H22N2O6/c1-12(20,7-10(16)17)6-9(15)14-8(11(18)19)4-2-3-5-13/h8,20H,2-7,13H2,1H3,(H,14,15)(H,16,17)(H,18,19)/t8-,12?/m0/s1. The van der Waals surface area contributed by atoms with Gasteiger partial charge in [0.25, 0.3) is 0 Å². The number of carbonyl (C=O) groups is 3. The zero-order chi connectivity index (χ0) is 15.8. The van der Waals surface area contributed by atoms with Crippen LogP contribution in [0.2, 0.25) is 0 Å². The number of aliphatic hydroxyl groups is 1. The van der Waals surface area contributed by atoms with E-state index in [9.17, 15) is 19.5 Å². The largest absolute Gasteiger partial charge is 0.481 e. The molecule has 0 aromatic carbocycles. The Morgan fingerprint density at radius 2 is 1.80 bits per heavy atom. The molecular formula is C12H22N2O6. The van der Waals surface area contributed by atoms with Crippen LogP contribution in [0, 0.1) is 0 Å². The van der Waals surface area contributed by atoms with Crippen LogP contribution >= 0.6 is 0 Å². The number of amides is 1. The highest BCUT2D eigenvalue weighted by molar-refractivity contribution is 5.84. The molecule has 0 aromatic rings. The van der Waals surface area contributed by atoms with Crippen LogP contribution < -0.4 is 11.1 Å². The topological polar surface area (TPSA) is 150 Å². The van der Waals surface area contributed by atoms with Crippen molar-refractivity contribution in [3.05, 3.63) is 0 Å². The van der Waals surface area contributed by atoms with Crippen molar-refractivity contribution in [1.29, 1.82) is 0 Å². The van der Waals surface area contributed by atoms with Crippen LogP contribution in [0.5, 0.6) is 0 Å². The van der Waals surface area contributed by atoms with E-state index in [4.69, 9.17) is 15.9 Å². The van der Waals surface area contributed by atoms with Crippen LogP contribution in [0.15, 0.2) is 0 Å². The molecule has 0 saturated heterocycles. The van der Waals surface area contributed by atoms with E-state index in [0.29, 0.717) is 19.4 Å². The maximum Gasteiger partial charge on any atom is 0.326 e. The molecule has 0 aromatic heterocycles. The molecule has 0 spiro atoms. The van der Waals surface area contributed by atoms with E-state index in [1.54, 1.807) is 0 Å². The van der Waals surface area contributed by atoms with E-state index in [2.05, 4.69) is 5.32 Å². The minimum Gasteiger partial charge on any atom is -0.481 e. The monoisotopic (exact) mass is 290 g/mol. The third-order valence-corrected chi connectivity index (χ3v) is 2.65. The quantitative estimate of drug-likeness (QED) is 0.334. The van der Waals surface area contributed by atoms with Gasteiger partial charge in [-0.05, 0) is 32.7 Å². The maximum atomic E-state index is 11.6. The zero-order valence-electron chi connectivity index (χ0n) is 11.5. The second-order valence-electron chi connectivity index (χ2n) is 4.99. The van der Waals surface area contributed by atoms with E-state index in [1.165, 1.54) is 6.92 Å². The number of rotatable bonds is 10.